The molecule has 1 fully saturated rings. The van der Waals surface area contributed by atoms with E-state index >= 15 is 0 Å². The molecule has 24 heavy (non-hydrogen) atoms. The Labute approximate surface area is 143 Å². The molecule has 3 rings (SSSR count). The fourth-order valence-electron chi connectivity index (χ4n) is 3.38. The molecule has 3 nitrogen and oxygen atoms in total. The summed E-state index contributed by atoms with van der Waals surface area (Å²) in [5.74, 6) is 0.686. The van der Waals surface area contributed by atoms with Crippen LogP contribution in [0, 0.1) is 5.82 Å². The Balaban J connectivity index is 2.04. The molecule has 1 saturated heterocycles. The van der Waals surface area contributed by atoms with E-state index in [0.29, 0.717) is 6.61 Å². The van der Waals surface area contributed by atoms with E-state index in [1.807, 2.05) is 31.2 Å². The lowest BCUT2D eigenvalue weighted by molar-refractivity contribution is 0.233. The second kappa shape index (κ2) is 8.27. The summed E-state index contributed by atoms with van der Waals surface area (Å²) >= 11 is 0. The van der Waals surface area contributed by atoms with Gasteiger partial charge >= 0.3 is 0 Å². The minimum absolute atomic E-state index is 0.00310. The van der Waals surface area contributed by atoms with E-state index in [9.17, 15) is 4.39 Å². The van der Waals surface area contributed by atoms with E-state index in [0.717, 1.165) is 49.5 Å². The molecule has 1 heterocycles. The summed E-state index contributed by atoms with van der Waals surface area (Å²) in [6, 6.07) is 15.1. The molecule has 0 bridgehead atoms. The lowest BCUT2D eigenvalue weighted by atomic mass is 9.95. The Morgan fingerprint density at radius 3 is 2.83 bits per heavy atom. The molecule has 128 valence electrons. The highest BCUT2D eigenvalue weighted by Gasteiger charge is 2.26. The van der Waals surface area contributed by atoms with Gasteiger partial charge in [-0.3, -0.25) is 4.90 Å². The van der Waals surface area contributed by atoms with Gasteiger partial charge in [-0.25, -0.2) is 4.39 Å². The van der Waals surface area contributed by atoms with Crippen molar-refractivity contribution in [3.63, 3.8) is 0 Å². The average molecular weight is 328 g/mol. The van der Waals surface area contributed by atoms with E-state index in [4.69, 9.17) is 4.74 Å². The molecule has 0 aliphatic carbocycles. The van der Waals surface area contributed by atoms with Crippen LogP contribution in [0.5, 0.6) is 5.75 Å². The van der Waals surface area contributed by atoms with Gasteiger partial charge in [-0.2, -0.15) is 0 Å². The fourth-order valence-corrected chi connectivity index (χ4v) is 3.38. The monoisotopic (exact) mass is 328 g/mol. The van der Waals surface area contributed by atoms with Crippen LogP contribution in [0.2, 0.25) is 0 Å². The number of hydrogen-bond acceptors (Lipinski definition) is 3. The van der Waals surface area contributed by atoms with Gasteiger partial charge in [0.1, 0.15) is 11.6 Å². The molecule has 4 heteroatoms. The predicted molar refractivity (Wildman–Crippen MR) is 94.9 cm³/mol. The number of halogens is 1. The number of para-hydroxylation sites is 1. The standard InChI is InChI=1S/C20H25FN2O/c1-2-24-19-10-4-3-9-18(19)20(16-7-5-8-17(21)15-16)23-13-6-11-22-12-14-23/h3-5,7-10,15,20,22H,2,6,11-14H2,1H3. The third-order valence-corrected chi connectivity index (χ3v) is 4.42. The lowest BCUT2D eigenvalue weighted by Crippen LogP contribution is -2.33. The number of nitrogens with zero attached hydrogens (tertiary/aromatic N) is 1. The van der Waals surface area contributed by atoms with Crippen LogP contribution in [0.1, 0.15) is 30.5 Å². The number of benzene rings is 2. The zero-order valence-corrected chi connectivity index (χ0v) is 14.2. The van der Waals surface area contributed by atoms with Crippen molar-refractivity contribution < 1.29 is 9.13 Å². The molecule has 1 N–H and O–H groups in total. The maximum absolute atomic E-state index is 13.9. The summed E-state index contributed by atoms with van der Waals surface area (Å²) in [4.78, 5) is 2.42. The molecule has 1 atom stereocenters. The highest BCUT2D eigenvalue weighted by molar-refractivity contribution is 5.42. The molecule has 1 aliphatic rings. The molecule has 0 spiro atoms. The molecular formula is C20H25FN2O. The van der Waals surface area contributed by atoms with Crippen molar-refractivity contribution in [3.05, 3.63) is 65.5 Å². The lowest BCUT2D eigenvalue weighted by Gasteiger charge is -2.32. The minimum Gasteiger partial charge on any atom is -0.494 e. The fraction of sp³-hybridized carbons (Fsp3) is 0.400. The number of nitrogens with one attached hydrogen (secondary N) is 1. The maximum Gasteiger partial charge on any atom is 0.124 e. The van der Waals surface area contributed by atoms with Crippen LogP contribution in [0.4, 0.5) is 4.39 Å². The maximum atomic E-state index is 13.9. The Hall–Kier alpha value is -1.91. The van der Waals surface area contributed by atoms with Gasteiger partial charge in [0.25, 0.3) is 0 Å². The van der Waals surface area contributed by atoms with Gasteiger partial charge in [0, 0.05) is 25.2 Å². The van der Waals surface area contributed by atoms with Crippen LogP contribution in [0.3, 0.4) is 0 Å². The van der Waals surface area contributed by atoms with Crippen molar-refractivity contribution in [1.29, 1.82) is 0 Å². The Morgan fingerprint density at radius 1 is 1.12 bits per heavy atom. The van der Waals surface area contributed by atoms with Crippen molar-refractivity contribution in [1.82, 2.24) is 10.2 Å². The van der Waals surface area contributed by atoms with Gasteiger partial charge in [0.2, 0.25) is 0 Å². The molecule has 1 unspecified atom stereocenters. The van der Waals surface area contributed by atoms with Crippen molar-refractivity contribution in [2.45, 2.75) is 19.4 Å². The third kappa shape index (κ3) is 3.94. The van der Waals surface area contributed by atoms with Gasteiger partial charge in [-0.1, -0.05) is 30.3 Å². The van der Waals surface area contributed by atoms with Crippen LogP contribution in [-0.2, 0) is 0 Å². The third-order valence-electron chi connectivity index (χ3n) is 4.42. The molecular weight excluding hydrogens is 303 g/mol. The van der Waals surface area contributed by atoms with Crippen LogP contribution < -0.4 is 10.1 Å². The average Bonchev–Trinajstić information content (AvgIpc) is 2.86. The second-order valence-corrected chi connectivity index (χ2v) is 6.07. The van der Waals surface area contributed by atoms with Gasteiger partial charge in [0.05, 0.1) is 12.6 Å². The minimum atomic E-state index is -0.195. The van der Waals surface area contributed by atoms with E-state index in [1.54, 1.807) is 12.1 Å². The zero-order valence-electron chi connectivity index (χ0n) is 14.2. The molecule has 2 aromatic carbocycles. The first-order chi connectivity index (χ1) is 11.8. The van der Waals surface area contributed by atoms with Crippen molar-refractivity contribution >= 4 is 0 Å². The largest absolute Gasteiger partial charge is 0.494 e. The molecule has 0 saturated carbocycles. The van der Waals surface area contributed by atoms with Crippen molar-refractivity contribution in [3.8, 4) is 5.75 Å². The molecule has 0 aromatic heterocycles. The summed E-state index contributed by atoms with van der Waals surface area (Å²) < 4.78 is 19.7. The Morgan fingerprint density at radius 2 is 2.00 bits per heavy atom. The summed E-state index contributed by atoms with van der Waals surface area (Å²) in [6.07, 6.45) is 1.09. The first-order valence-electron chi connectivity index (χ1n) is 8.71. The molecule has 2 aromatic rings. The van der Waals surface area contributed by atoms with Crippen LogP contribution in [-0.4, -0.2) is 37.7 Å². The summed E-state index contributed by atoms with van der Waals surface area (Å²) in [7, 11) is 0. The first-order valence-corrected chi connectivity index (χ1v) is 8.71. The summed E-state index contributed by atoms with van der Waals surface area (Å²) in [5.41, 5.74) is 2.08. The normalized spacial score (nSPS) is 17.2. The van der Waals surface area contributed by atoms with E-state index in [2.05, 4.69) is 16.3 Å². The van der Waals surface area contributed by atoms with Crippen LogP contribution in [0.15, 0.2) is 48.5 Å². The quantitative estimate of drug-likeness (QED) is 0.907. The SMILES string of the molecule is CCOc1ccccc1C(c1cccc(F)c1)N1CCCNCC1. The summed E-state index contributed by atoms with van der Waals surface area (Å²) in [6.45, 7) is 6.50. The summed E-state index contributed by atoms with van der Waals surface area (Å²) in [5, 5.41) is 3.44. The number of rotatable bonds is 5. The second-order valence-electron chi connectivity index (χ2n) is 6.07. The smallest absolute Gasteiger partial charge is 0.124 e. The van der Waals surface area contributed by atoms with Crippen molar-refractivity contribution in [2.24, 2.45) is 0 Å². The first kappa shape index (κ1) is 16.9. The highest BCUT2D eigenvalue weighted by atomic mass is 19.1. The van der Waals surface area contributed by atoms with Crippen LogP contribution in [0.25, 0.3) is 0 Å². The predicted octanol–water partition coefficient (Wildman–Crippen LogP) is 3.61. The van der Waals surface area contributed by atoms with E-state index in [-0.39, 0.29) is 11.9 Å². The van der Waals surface area contributed by atoms with Gasteiger partial charge in [0.15, 0.2) is 0 Å². The van der Waals surface area contributed by atoms with E-state index < -0.39 is 0 Å². The molecule has 0 radical (unpaired) electrons. The van der Waals surface area contributed by atoms with Gasteiger partial charge in [-0.15, -0.1) is 0 Å². The van der Waals surface area contributed by atoms with Gasteiger partial charge < -0.3 is 10.1 Å². The van der Waals surface area contributed by atoms with Crippen molar-refractivity contribution in [2.75, 3.05) is 32.8 Å². The zero-order chi connectivity index (χ0) is 16.8. The highest BCUT2D eigenvalue weighted by Crippen LogP contribution is 2.35. The van der Waals surface area contributed by atoms with Gasteiger partial charge in [-0.05, 0) is 43.7 Å². The molecule has 1 aliphatic heterocycles. The van der Waals surface area contributed by atoms with E-state index in [1.165, 1.54) is 6.07 Å². The topological polar surface area (TPSA) is 24.5 Å². The molecule has 0 amide bonds. The Kier molecular flexibility index (Phi) is 5.83. The number of ether oxygens (including phenoxy) is 1. The number of hydrogen-bond donors (Lipinski definition) is 1. The van der Waals surface area contributed by atoms with Crippen LogP contribution >= 0.6 is 0 Å². The Bertz CT molecular complexity index is 654.